The Balaban J connectivity index is 2.49. The normalized spacial score (nSPS) is 10.4. The van der Waals surface area contributed by atoms with Crippen LogP contribution in [0.1, 0.15) is 5.56 Å². The van der Waals surface area contributed by atoms with Crippen LogP contribution in [0.4, 0.5) is 4.39 Å². The minimum atomic E-state index is -0.375. The van der Waals surface area contributed by atoms with E-state index < -0.39 is 0 Å². The van der Waals surface area contributed by atoms with E-state index in [0.29, 0.717) is 12.1 Å². The van der Waals surface area contributed by atoms with Crippen molar-refractivity contribution in [2.75, 3.05) is 0 Å². The summed E-state index contributed by atoms with van der Waals surface area (Å²) in [5, 5.41) is 6.61. The van der Waals surface area contributed by atoms with Crippen molar-refractivity contribution in [1.82, 2.24) is 15.2 Å². The molecular formula is C9H9FN4. The van der Waals surface area contributed by atoms with E-state index in [1.807, 2.05) is 0 Å². The van der Waals surface area contributed by atoms with Crippen molar-refractivity contribution >= 4 is 0 Å². The number of pyridine rings is 1. The highest BCUT2D eigenvalue weighted by molar-refractivity contribution is 5.61. The molecule has 0 aromatic carbocycles. The van der Waals surface area contributed by atoms with Gasteiger partial charge in [-0.3, -0.25) is 10.1 Å². The first-order valence-corrected chi connectivity index (χ1v) is 4.14. The van der Waals surface area contributed by atoms with E-state index in [4.69, 9.17) is 5.73 Å². The first kappa shape index (κ1) is 8.83. The van der Waals surface area contributed by atoms with Gasteiger partial charge in [0, 0.05) is 23.9 Å². The van der Waals surface area contributed by atoms with Gasteiger partial charge in [-0.1, -0.05) is 0 Å². The molecule has 2 heterocycles. The second-order valence-corrected chi connectivity index (χ2v) is 2.87. The van der Waals surface area contributed by atoms with Gasteiger partial charge in [0.15, 0.2) is 0 Å². The summed E-state index contributed by atoms with van der Waals surface area (Å²) in [7, 11) is 0. The Labute approximate surface area is 80.0 Å². The van der Waals surface area contributed by atoms with Crippen LogP contribution in [0.5, 0.6) is 0 Å². The summed E-state index contributed by atoms with van der Waals surface area (Å²) >= 11 is 0. The van der Waals surface area contributed by atoms with Crippen molar-refractivity contribution in [3.8, 4) is 11.3 Å². The van der Waals surface area contributed by atoms with Gasteiger partial charge < -0.3 is 5.73 Å². The second-order valence-electron chi connectivity index (χ2n) is 2.87. The van der Waals surface area contributed by atoms with Crippen molar-refractivity contribution in [3.63, 3.8) is 0 Å². The Morgan fingerprint density at radius 2 is 2.21 bits per heavy atom. The fraction of sp³-hybridized carbons (Fsp3) is 0.111. The Morgan fingerprint density at radius 1 is 1.36 bits per heavy atom. The SMILES string of the molecule is NCc1cn[nH]c1-c1cncc(F)c1. The van der Waals surface area contributed by atoms with Crippen LogP contribution in [0.25, 0.3) is 11.3 Å². The number of nitrogens with zero attached hydrogens (tertiary/aromatic N) is 2. The minimum Gasteiger partial charge on any atom is -0.326 e. The lowest BCUT2D eigenvalue weighted by atomic mass is 10.1. The highest BCUT2D eigenvalue weighted by Gasteiger charge is 2.06. The summed E-state index contributed by atoms with van der Waals surface area (Å²) in [5.74, 6) is -0.375. The number of H-pyrrole nitrogens is 1. The number of hydrogen-bond donors (Lipinski definition) is 2. The van der Waals surface area contributed by atoms with Crippen molar-refractivity contribution in [3.05, 3.63) is 36.0 Å². The van der Waals surface area contributed by atoms with Gasteiger partial charge in [-0.2, -0.15) is 5.10 Å². The fourth-order valence-electron chi connectivity index (χ4n) is 1.26. The van der Waals surface area contributed by atoms with Crippen LogP contribution in [0.15, 0.2) is 24.7 Å². The number of nitrogens with two attached hydrogens (primary N) is 1. The predicted molar refractivity (Wildman–Crippen MR) is 49.7 cm³/mol. The molecule has 0 saturated heterocycles. The number of nitrogens with one attached hydrogen (secondary N) is 1. The average Bonchev–Trinajstić information content (AvgIpc) is 2.65. The summed E-state index contributed by atoms with van der Waals surface area (Å²) in [6, 6.07) is 1.39. The zero-order chi connectivity index (χ0) is 9.97. The predicted octanol–water partition coefficient (Wildman–Crippen LogP) is 1.07. The summed E-state index contributed by atoms with van der Waals surface area (Å²) in [5.41, 5.74) is 7.72. The molecule has 0 radical (unpaired) electrons. The number of rotatable bonds is 2. The lowest BCUT2D eigenvalue weighted by Gasteiger charge is -1.99. The highest BCUT2D eigenvalue weighted by atomic mass is 19.1. The van der Waals surface area contributed by atoms with Gasteiger partial charge >= 0.3 is 0 Å². The van der Waals surface area contributed by atoms with E-state index in [0.717, 1.165) is 17.5 Å². The standard InChI is InChI=1S/C9H9FN4/c10-8-1-6(3-12-5-8)9-7(2-11)4-13-14-9/h1,3-5H,2,11H2,(H,13,14). The van der Waals surface area contributed by atoms with Crippen LogP contribution in [0.2, 0.25) is 0 Å². The van der Waals surface area contributed by atoms with Crippen molar-refractivity contribution in [2.24, 2.45) is 5.73 Å². The topological polar surface area (TPSA) is 67.6 Å². The zero-order valence-electron chi connectivity index (χ0n) is 7.37. The summed E-state index contributed by atoms with van der Waals surface area (Å²) in [4.78, 5) is 3.75. The van der Waals surface area contributed by atoms with Gasteiger partial charge in [-0.15, -0.1) is 0 Å². The third kappa shape index (κ3) is 1.49. The van der Waals surface area contributed by atoms with E-state index in [-0.39, 0.29) is 5.82 Å². The Kier molecular flexibility index (Phi) is 2.24. The number of aromatic amines is 1. The third-order valence-corrected chi connectivity index (χ3v) is 1.93. The van der Waals surface area contributed by atoms with Crippen LogP contribution in [-0.2, 0) is 6.54 Å². The minimum absolute atomic E-state index is 0.363. The molecule has 2 rings (SSSR count). The first-order valence-electron chi connectivity index (χ1n) is 4.14. The Hall–Kier alpha value is -1.75. The summed E-state index contributed by atoms with van der Waals surface area (Å²) in [6.45, 7) is 0.363. The molecule has 0 aliphatic rings. The molecular weight excluding hydrogens is 183 g/mol. The van der Waals surface area contributed by atoms with Crippen LogP contribution in [0.3, 0.4) is 0 Å². The van der Waals surface area contributed by atoms with E-state index in [2.05, 4.69) is 15.2 Å². The van der Waals surface area contributed by atoms with Gasteiger partial charge in [-0.25, -0.2) is 4.39 Å². The molecule has 2 aromatic rings. The molecule has 14 heavy (non-hydrogen) atoms. The maximum absolute atomic E-state index is 12.9. The molecule has 0 spiro atoms. The number of halogens is 1. The zero-order valence-corrected chi connectivity index (χ0v) is 7.37. The molecule has 4 nitrogen and oxygen atoms in total. The monoisotopic (exact) mass is 192 g/mol. The third-order valence-electron chi connectivity index (χ3n) is 1.93. The molecule has 0 aliphatic carbocycles. The van der Waals surface area contributed by atoms with Crippen LogP contribution >= 0.6 is 0 Å². The van der Waals surface area contributed by atoms with Crippen molar-refractivity contribution < 1.29 is 4.39 Å². The van der Waals surface area contributed by atoms with E-state index in [1.54, 1.807) is 12.4 Å². The molecule has 0 amide bonds. The molecule has 5 heteroatoms. The van der Waals surface area contributed by atoms with Gasteiger partial charge in [0.1, 0.15) is 5.82 Å². The van der Waals surface area contributed by atoms with E-state index in [9.17, 15) is 4.39 Å². The average molecular weight is 192 g/mol. The number of aromatic nitrogens is 3. The molecule has 0 bridgehead atoms. The summed E-state index contributed by atoms with van der Waals surface area (Å²) < 4.78 is 12.9. The highest BCUT2D eigenvalue weighted by Crippen LogP contribution is 2.19. The smallest absolute Gasteiger partial charge is 0.142 e. The first-order chi connectivity index (χ1) is 6.81. The van der Waals surface area contributed by atoms with Gasteiger partial charge in [-0.05, 0) is 6.07 Å². The quantitative estimate of drug-likeness (QED) is 0.747. The lowest BCUT2D eigenvalue weighted by Crippen LogP contribution is -1.97. The number of hydrogen-bond acceptors (Lipinski definition) is 3. The molecule has 0 aliphatic heterocycles. The summed E-state index contributed by atoms with van der Waals surface area (Å²) in [6.07, 6.45) is 4.35. The lowest BCUT2D eigenvalue weighted by molar-refractivity contribution is 0.622. The molecule has 0 saturated carbocycles. The molecule has 0 unspecified atom stereocenters. The second kappa shape index (κ2) is 3.55. The van der Waals surface area contributed by atoms with Crippen LogP contribution in [0, 0.1) is 5.82 Å². The van der Waals surface area contributed by atoms with Crippen LogP contribution in [-0.4, -0.2) is 15.2 Å². The molecule has 2 aromatic heterocycles. The molecule has 0 atom stereocenters. The van der Waals surface area contributed by atoms with E-state index in [1.165, 1.54) is 6.07 Å². The van der Waals surface area contributed by atoms with Crippen molar-refractivity contribution in [2.45, 2.75) is 6.54 Å². The maximum Gasteiger partial charge on any atom is 0.142 e. The Morgan fingerprint density at radius 3 is 2.93 bits per heavy atom. The van der Waals surface area contributed by atoms with Gasteiger partial charge in [0.2, 0.25) is 0 Å². The van der Waals surface area contributed by atoms with E-state index >= 15 is 0 Å². The van der Waals surface area contributed by atoms with Gasteiger partial charge in [0.25, 0.3) is 0 Å². The van der Waals surface area contributed by atoms with Crippen molar-refractivity contribution in [1.29, 1.82) is 0 Å². The molecule has 3 N–H and O–H groups in total. The maximum atomic E-state index is 12.9. The fourth-order valence-corrected chi connectivity index (χ4v) is 1.26. The Bertz CT molecular complexity index is 438. The molecule has 0 fully saturated rings. The van der Waals surface area contributed by atoms with Gasteiger partial charge in [0.05, 0.1) is 18.1 Å². The molecule has 72 valence electrons. The largest absolute Gasteiger partial charge is 0.326 e. The van der Waals surface area contributed by atoms with Crippen LogP contribution < -0.4 is 5.73 Å².